The number of ether oxygens (including phenoxy) is 1. The van der Waals surface area contributed by atoms with Crippen molar-refractivity contribution in [1.29, 1.82) is 0 Å². The summed E-state index contributed by atoms with van der Waals surface area (Å²) in [6.07, 6.45) is 0.844. The van der Waals surface area contributed by atoms with E-state index in [0.717, 1.165) is 0 Å². The molecule has 1 aliphatic rings. The molecule has 0 bridgehead atoms. The fraction of sp³-hybridized carbons (Fsp3) is 0.688. The van der Waals surface area contributed by atoms with E-state index in [1.165, 1.54) is 0 Å². The highest BCUT2D eigenvalue weighted by Crippen LogP contribution is 2.09. The van der Waals surface area contributed by atoms with Gasteiger partial charge >= 0.3 is 0 Å². The molecule has 1 aromatic heterocycles. The molecule has 140 valence electrons. The molecule has 2 rings (SSSR count). The number of amides is 2. The number of carbonyl (C=O) groups is 2. The van der Waals surface area contributed by atoms with Gasteiger partial charge in [0.1, 0.15) is 5.82 Å². The van der Waals surface area contributed by atoms with Gasteiger partial charge in [0.05, 0.1) is 12.5 Å². The highest BCUT2D eigenvalue weighted by Gasteiger charge is 2.24. The zero-order valence-corrected chi connectivity index (χ0v) is 14.3. The van der Waals surface area contributed by atoms with Gasteiger partial charge in [-0.05, 0) is 6.42 Å². The van der Waals surface area contributed by atoms with Crippen molar-refractivity contribution in [3.05, 3.63) is 18.2 Å². The lowest BCUT2D eigenvalue weighted by Gasteiger charge is -2.24. The molecule has 1 fully saturated rings. The fourth-order valence-electron chi connectivity index (χ4n) is 2.62. The predicted molar refractivity (Wildman–Crippen MR) is 86.1 cm³/mol. The van der Waals surface area contributed by atoms with Gasteiger partial charge < -0.3 is 19.5 Å². The monoisotopic (exact) mass is 358 g/mol. The number of aromatic nitrogens is 2. The number of carbonyl (C=O) groups excluding carboxylic acids is 2. The standard InChI is InChI=1S/C16H24F2N4O3/c1-21-7-5-19-14(21)9-16(24)22-6-2-8-25-12(11-22)10-20-15(23)4-3-13(17)18/h5,7,12-13H,2-4,6,8-11H2,1H3,(H,20,23). The molecule has 9 heteroatoms. The van der Waals surface area contributed by atoms with E-state index in [1.54, 1.807) is 21.9 Å². The number of nitrogens with zero attached hydrogens (tertiary/aromatic N) is 3. The molecule has 1 saturated heterocycles. The summed E-state index contributed by atoms with van der Waals surface area (Å²) in [4.78, 5) is 29.9. The molecule has 1 unspecified atom stereocenters. The van der Waals surface area contributed by atoms with E-state index in [2.05, 4.69) is 10.3 Å². The number of hydrogen-bond acceptors (Lipinski definition) is 4. The quantitative estimate of drug-likeness (QED) is 0.780. The van der Waals surface area contributed by atoms with Crippen LogP contribution in [0.15, 0.2) is 12.4 Å². The maximum absolute atomic E-state index is 12.5. The number of imidazole rings is 1. The van der Waals surface area contributed by atoms with E-state index in [4.69, 9.17) is 4.74 Å². The largest absolute Gasteiger partial charge is 0.374 e. The van der Waals surface area contributed by atoms with Gasteiger partial charge in [-0.25, -0.2) is 13.8 Å². The van der Waals surface area contributed by atoms with Crippen molar-refractivity contribution in [2.75, 3.05) is 26.2 Å². The zero-order chi connectivity index (χ0) is 18.2. The summed E-state index contributed by atoms with van der Waals surface area (Å²) in [5, 5.41) is 2.60. The van der Waals surface area contributed by atoms with Gasteiger partial charge in [-0.3, -0.25) is 9.59 Å². The maximum Gasteiger partial charge on any atom is 0.239 e. The van der Waals surface area contributed by atoms with E-state index in [9.17, 15) is 18.4 Å². The van der Waals surface area contributed by atoms with Crippen LogP contribution in [-0.4, -0.2) is 65.0 Å². The van der Waals surface area contributed by atoms with Gasteiger partial charge in [-0.2, -0.15) is 0 Å². The molecule has 2 heterocycles. The van der Waals surface area contributed by atoms with Gasteiger partial charge in [0.25, 0.3) is 0 Å². The topological polar surface area (TPSA) is 76.5 Å². The molecule has 0 radical (unpaired) electrons. The number of rotatable bonds is 7. The molecule has 0 aromatic carbocycles. The molecular formula is C16H24F2N4O3. The molecule has 1 aromatic rings. The molecular weight excluding hydrogens is 334 g/mol. The van der Waals surface area contributed by atoms with Crippen LogP contribution in [0.3, 0.4) is 0 Å². The minimum Gasteiger partial charge on any atom is -0.374 e. The van der Waals surface area contributed by atoms with Crippen molar-refractivity contribution in [3.8, 4) is 0 Å². The molecule has 0 aliphatic carbocycles. The average Bonchev–Trinajstić information content (AvgIpc) is 2.84. The second-order valence-electron chi connectivity index (χ2n) is 6.05. The third kappa shape index (κ3) is 6.41. The number of alkyl halides is 2. The van der Waals surface area contributed by atoms with Gasteiger partial charge in [0.2, 0.25) is 18.2 Å². The van der Waals surface area contributed by atoms with Gasteiger partial charge in [0, 0.05) is 58.5 Å². The summed E-state index contributed by atoms with van der Waals surface area (Å²) in [5.41, 5.74) is 0. The van der Waals surface area contributed by atoms with Gasteiger partial charge in [0.15, 0.2) is 0 Å². The van der Waals surface area contributed by atoms with Crippen molar-refractivity contribution in [2.24, 2.45) is 7.05 Å². The summed E-state index contributed by atoms with van der Waals surface area (Å²) in [7, 11) is 1.83. The number of aryl methyl sites for hydroxylation is 1. The van der Waals surface area contributed by atoms with Crippen LogP contribution in [-0.2, 0) is 27.8 Å². The Labute approximate surface area is 145 Å². The van der Waals surface area contributed by atoms with E-state index in [1.807, 2.05) is 7.05 Å². The van der Waals surface area contributed by atoms with Crippen LogP contribution >= 0.6 is 0 Å². The molecule has 1 N–H and O–H groups in total. The Bertz CT molecular complexity index is 579. The summed E-state index contributed by atoms with van der Waals surface area (Å²) < 4.78 is 31.7. The molecule has 1 atom stereocenters. The van der Waals surface area contributed by atoms with Crippen LogP contribution in [0, 0.1) is 0 Å². The third-order valence-corrected chi connectivity index (χ3v) is 4.05. The highest BCUT2D eigenvalue weighted by atomic mass is 19.3. The maximum atomic E-state index is 12.5. The van der Waals surface area contributed by atoms with E-state index in [-0.39, 0.29) is 31.4 Å². The van der Waals surface area contributed by atoms with Crippen molar-refractivity contribution in [2.45, 2.75) is 38.2 Å². The highest BCUT2D eigenvalue weighted by molar-refractivity contribution is 5.78. The lowest BCUT2D eigenvalue weighted by atomic mass is 10.2. The van der Waals surface area contributed by atoms with Crippen molar-refractivity contribution < 1.29 is 23.1 Å². The second kappa shape index (κ2) is 9.45. The fourth-order valence-corrected chi connectivity index (χ4v) is 2.62. The van der Waals surface area contributed by atoms with E-state index < -0.39 is 18.8 Å². The van der Waals surface area contributed by atoms with Crippen LogP contribution < -0.4 is 5.32 Å². The van der Waals surface area contributed by atoms with Crippen molar-refractivity contribution >= 4 is 11.8 Å². The van der Waals surface area contributed by atoms with Crippen LogP contribution in [0.1, 0.15) is 25.1 Å². The summed E-state index contributed by atoms with van der Waals surface area (Å²) >= 11 is 0. The Hall–Kier alpha value is -2.03. The Kier molecular flexibility index (Phi) is 7.30. The Morgan fingerprint density at radius 2 is 2.28 bits per heavy atom. The Morgan fingerprint density at radius 3 is 2.96 bits per heavy atom. The first-order valence-electron chi connectivity index (χ1n) is 8.36. The van der Waals surface area contributed by atoms with Crippen molar-refractivity contribution in [1.82, 2.24) is 19.8 Å². The number of halogens is 2. The second-order valence-corrected chi connectivity index (χ2v) is 6.05. The van der Waals surface area contributed by atoms with Gasteiger partial charge in [-0.15, -0.1) is 0 Å². The molecule has 7 nitrogen and oxygen atoms in total. The molecule has 0 spiro atoms. The first kappa shape index (κ1) is 19.3. The minimum absolute atomic E-state index is 0.0474. The summed E-state index contributed by atoms with van der Waals surface area (Å²) in [5.74, 6) is 0.208. The lowest BCUT2D eigenvalue weighted by molar-refractivity contribution is -0.131. The Balaban J connectivity index is 1.82. The van der Waals surface area contributed by atoms with Gasteiger partial charge in [-0.1, -0.05) is 0 Å². The average molecular weight is 358 g/mol. The number of hydrogen-bond donors (Lipinski definition) is 1. The van der Waals surface area contributed by atoms with Crippen LogP contribution in [0.4, 0.5) is 8.78 Å². The SMILES string of the molecule is Cn1ccnc1CC(=O)N1CCCOC(CNC(=O)CCC(F)F)C1. The van der Waals surface area contributed by atoms with E-state index in [0.29, 0.717) is 31.9 Å². The van der Waals surface area contributed by atoms with Crippen LogP contribution in [0.5, 0.6) is 0 Å². The minimum atomic E-state index is -2.49. The normalized spacial score (nSPS) is 18.2. The zero-order valence-electron chi connectivity index (χ0n) is 14.3. The summed E-state index contributed by atoms with van der Waals surface area (Å²) in [6, 6.07) is 0. The smallest absolute Gasteiger partial charge is 0.239 e. The molecule has 0 saturated carbocycles. The predicted octanol–water partition coefficient (Wildman–Crippen LogP) is 0.742. The van der Waals surface area contributed by atoms with Crippen LogP contribution in [0.25, 0.3) is 0 Å². The summed E-state index contributed by atoms with van der Waals surface area (Å²) in [6.45, 7) is 1.63. The van der Waals surface area contributed by atoms with Crippen molar-refractivity contribution in [3.63, 3.8) is 0 Å². The number of nitrogens with one attached hydrogen (secondary N) is 1. The molecule has 25 heavy (non-hydrogen) atoms. The third-order valence-electron chi connectivity index (χ3n) is 4.05. The first-order chi connectivity index (χ1) is 12.0. The van der Waals surface area contributed by atoms with E-state index >= 15 is 0 Å². The molecule has 1 aliphatic heterocycles. The Morgan fingerprint density at radius 1 is 1.48 bits per heavy atom. The molecule has 2 amide bonds. The first-order valence-corrected chi connectivity index (χ1v) is 8.36. The lowest BCUT2D eigenvalue weighted by Crippen LogP contribution is -2.43. The van der Waals surface area contributed by atoms with Crippen LogP contribution in [0.2, 0.25) is 0 Å².